The number of anilines is 1. The van der Waals surface area contributed by atoms with E-state index in [0.29, 0.717) is 11.3 Å². The van der Waals surface area contributed by atoms with Gasteiger partial charge >= 0.3 is 6.61 Å². The van der Waals surface area contributed by atoms with Crippen molar-refractivity contribution < 1.29 is 26.7 Å². The number of nitrogens with zero attached hydrogens (tertiary/aromatic N) is 2. The molecule has 1 amide bonds. The van der Waals surface area contributed by atoms with Gasteiger partial charge in [0.1, 0.15) is 5.75 Å². The van der Waals surface area contributed by atoms with Crippen molar-refractivity contribution in [3.63, 3.8) is 0 Å². The van der Waals surface area contributed by atoms with Gasteiger partial charge in [-0.05, 0) is 37.1 Å². The molecule has 0 aliphatic carbocycles. The summed E-state index contributed by atoms with van der Waals surface area (Å²) in [5.41, 5.74) is 1.25. The molecule has 1 saturated heterocycles. The third kappa shape index (κ3) is 5.31. The van der Waals surface area contributed by atoms with Crippen molar-refractivity contribution in [3.8, 4) is 5.75 Å². The molecule has 0 atom stereocenters. The van der Waals surface area contributed by atoms with Gasteiger partial charge in [0.2, 0.25) is 10.0 Å². The minimum atomic E-state index is -3.73. The van der Waals surface area contributed by atoms with Crippen LogP contribution in [0.1, 0.15) is 28.8 Å². The Morgan fingerprint density at radius 2 is 1.84 bits per heavy atom. The largest absolute Gasteiger partial charge is 0.434 e. The van der Waals surface area contributed by atoms with E-state index in [1.54, 1.807) is 24.3 Å². The summed E-state index contributed by atoms with van der Waals surface area (Å²) in [6.07, 6.45) is 1.97. The fourth-order valence-electron chi connectivity index (χ4n) is 3.43. The van der Waals surface area contributed by atoms with Crippen LogP contribution < -0.4 is 15.0 Å². The zero-order valence-corrected chi connectivity index (χ0v) is 18.2. The average Bonchev–Trinajstić information content (AvgIpc) is 3.26. The summed E-state index contributed by atoms with van der Waals surface area (Å²) in [5.74, 6) is -0.522. The molecule has 3 rings (SSSR count). The predicted octanol–water partition coefficient (Wildman–Crippen LogP) is 3.07. The number of carbonyl (C=O) groups excluding carboxylic acids is 1. The molecule has 1 N–H and O–H groups in total. The Kier molecular flexibility index (Phi) is 7.11. The van der Waals surface area contributed by atoms with E-state index < -0.39 is 22.5 Å². The summed E-state index contributed by atoms with van der Waals surface area (Å²) in [6, 6.07) is 10.7. The Bertz CT molecular complexity index is 1040. The highest BCUT2D eigenvalue weighted by Crippen LogP contribution is 2.28. The van der Waals surface area contributed by atoms with Gasteiger partial charge in [0.25, 0.3) is 5.91 Å². The van der Waals surface area contributed by atoms with Crippen molar-refractivity contribution in [2.24, 2.45) is 0 Å². The van der Waals surface area contributed by atoms with Gasteiger partial charge < -0.3 is 15.0 Å². The van der Waals surface area contributed by atoms with E-state index in [1.807, 2.05) is 4.90 Å². The first kappa shape index (κ1) is 23.0. The highest BCUT2D eigenvalue weighted by atomic mass is 32.2. The van der Waals surface area contributed by atoms with E-state index in [4.69, 9.17) is 0 Å². The molecule has 2 aromatic carbocycles. The number of halogens is 2. The lowest BCUT2D eigenvalue weighted by Crippen LogP contribution is -2.28. The summed E-state index contributed by atoms with van der Waals surface area (Å²) in [5, 5.41) is 2.70. The number of para-hydroxylation sites is 1. The van der Waals surface area contributed by atoms with Crippen LogP contribution in [-0.2, 0) is 16.6 Å². The first-order valence-electron chi connectivity index (χ1n) is 9.82. The number of sulfonamides is 1. The zero-order chi connectivity index (χ0) is 22.6. The Labute approximate surface area is 180 Å². The molecule has 1 heterocycles. The molecule has 0 bridgehead atoms. The van der Waals surface area contributed by atoms with E-state index in [-0.39, 0.29) is 22.8 Å². The number of alkyl halides is 2. The number of rotatable bonds is 8. The van der Waals surface area contributed by atoms with Gasteiger partial charge in [-0.1, -0.05) is 18.2 Å². The van der Waals surface area contributed by atoms with Crippen molar-refractivity contribution in [1.29, 1.82) is 0 Å². The summed E-state index contributed by atoms with van der Waals surface area (Å²) in [6.45, 7) is -1.49. The average molecular weight is 454 g/mol. The summed E-state index contributed by atoms with van der Waals surface area (Å²) in [7, 11) is -0.889. The van der Waals surface area contributed by atoms with Gasteiger partial charge in [0.05, 0.1) is 10.5 Å². The number of hydrogen-bond donors (Lipinski definition) is 1. The summed E-state index contributed by atoms with van der Waals surface area (Å²) >= 11 is 0. The monoisotopic (exact) mass is 453 g/mol. The highest BCUT2D eigenvalue weighted by molar-refractivity contribution is 7.89. The molecule has 1 aliphatic heterocycles. The van der Waals surface area contributed by atoms with Crippen LogP contribution in [0.25, 0.3) is 0 Å². The zero-order valence-electron chi connectivity index (χ0n) is 17.3. The Hall–Kier alpha value is -2.72. The number of amides is 1. The standard InChI is InChI=1S/C21H25F2N3O4S/c1-25(2)31(28,29)16-9-10-18(26-11-5-6-12-26)17(13-16)20(27)24-14-15-7-3-4-8-19(15)30-21(22)23/h3-4,7-10,13,21H,5-6,11-12,14H2,1-2H3,(H,24,27). The Balaban J connectivity index is 1.90. The lowest BCUT2D eigenvalue weighted by molar-refractivity contribution is -0.0504. The minimum Gasteiger partial charge on any atom is -0.434 e. The predicted molar refractivity (Wildman–Crippen MR) is 113 cm³/mol. The molecule has 2 aromatic rings. The van der Waals surface area contributed by atoms with Crippen molar-refractivity contribution in [3.05, 3.63) is 53.6 Å². The maximum absolute atomic E-state index is 13.0. The highest BCUT2D eigenvalue weighted by Gasteiger charge is 2.24. The molecule has 0 unspecified atom stereocenters. The van der Waals surface area contributed by atoms with E-state index >= 15 is 0 Å². The summed E-state index contributed by atoms with van der Waals surface area (Å²) < 4.78 is 56.0. The smallest absolute Gasteiger partial charge is 0.387 e. The second-order valence-electron chi connectivity index (χ2n) is 7.33. The third-order valence-corrected chi connectivity index (χ3v) is 6.88. The van der Waals surface area contributed by atoms with Crippen LogP contribution in [0.15, 0.2) is 47.4 Å². The normalized spacial score (nSPS) is 14.3. The molecule has 10 heteroatoms. The maximum atomic E-state index is 13.0. The molecular formula is C21H25F2N3O4S. The first-order chi connectivity index (χ1) is 14.7. The second-order valence-corrected chi connectivity index (χ2v) is 9.48. The fourth-order valence-corrected chi connectivity index (χ4v) is 4.36. The number of carbonyl (C=O) groups is 1. The number of ether oxygens (including phenoxy) is 1. The molecule has 31 heavy (non-hydrogen) atoms. The minimum absolute atomic E-state index is 0.00651. The first-order valence-corrected chi connectivity index (χ1v) is 11.3. The van der Waals surface area contributed by atoms with Gasteiger partial charge in [0, 0.05) is 45.0 Å². The molecule has 0 saturated carbocycles. The van der Waals surface area contributed by atoms with Crippen molar-refractivity contribution in [2.45, 2.75) is 30.9 Å². The Morgan fingerprint density at radius 3 is 2.48 bits per heavy atom. The van der Waals surface area contributed by atoms with Crippen LogP contribution >= 0.6 is 0 Å². The third-order valence-electron chi connectivity index (χ3n) is 5.07. The SMILES string of the molecule is CN(C)S(=O)(=O)c1ccc(N2CCCC2)c(C(=O)NCc2ccccc2OC(F)F)c1. The van der Waals surface area contributed by atoms with Crippen LogP contribution in [0.5, 0.6) is 5.75 Å². The molecular weight excluding hydrogens is 428 g/mol. The van der Waals surface area contributed by atoms with Crippen LogP contribution in [0, 0.1) is 0 Å². The Morgan fingerprint density at radius 1 is 1.16 bits per heavy atom. The van der Waals surface area contributed by atoms with E-state index in [1.165, 1.54) is 32.3 Å². The van der Waals surface area contributed by atoms with Crippen LogP contribution in [0.2, 0.25) is 0 Å². The van der Waals surface area contributed by atoms with Crippen molar-refractivity contribution in [1.82, 2.24) is 9.62 Å². The molecule has 168 valence electrons. The second kappa shape index (κ2) is 9.61. The van der Waals surface area contributed by atoms with E-state index in [9.17, 15) is 22.0 Å². The van der Waals surface area contributed by atoms with Crippen LogP contribution in [0.4, 0.5) is 14.5 Å². The molecule has 1 fully saturated rings. The topological polar surface area (TPSA) is 79.0 Å². The van der Waals surface area contributed by atoms with Gasteiger partial charge in [-0.3, -0.25) is 4.79 Å². The van der Waals surface area contributed by atoms with E-state index in [2.05, 4.69) is 10.1 Å². The number of nitrogens with one attached hydrogen (secondary N) is 1. The lowest BCUT2D eigenvalue weighted by Gasteiger charge is -2.22. The maximum Gasteiger partial charge on any atom is 0.387 e. The lowest BCUT2D eigenvalue weighted by atomic mass is 10.1. The molecule has 0 aromatic heterocycles. The molecule has 0 radical (unpaired) electrons. The fraction of sp³-hybridized carbons (Fsp3) is 0.381. The van der Waals surface area contributed by atoms with Crippen LogP contribution in [0.3, 0.4) is 0 Å². The number of benzene rings is 2. The van der Waals surface area contributed by atoms with E-state index in [0.717, 1.165) is 30.2 Å². The summed E-state index contributed by atoms with van der Waals surface area (Å²) in [4.78, 5) is 15.1. The van der Waals surface area contributed by atoms with Gasteiger partial charge in [-0.2, -0.15) is 8.78 Å². The van der Waals surface area contributed by atoms with Gasteiger partial charge in [0.15, 0.2) is 0 Å². The van der Waals surface area contributed by atoms with Crippen molar-refractivity contribution >= 4 is 21.6 Å². The van der Waals surface area contributed by atoms with Gasteiger partial charge in [-0.15, -0.1) is 0 Å². The van der Waals surface area contributed by atoms with Crippen LogP contribution in [-0.4, -0.2) is 52.4 Å². The number of hydrogen-bond acceptors (Lipinski definition) is 5. The molecule has 1 aliphatic rings. The quantitative estimate of drug-likeness (QED) is 0.665. The van der Waals surface area contributed by atoms with Crippen molar-refractivity contribution in [2.75, 3.05) is 32.1 Å². The molecule has 7 nitrogen and oxygen atoms in total. The van der Waals surface area contributed by atoms with Gasteiger partial charge in [-0.25, -0.2) is 12.7 Å². The molecule has 0 spiro atoms.